The fourth-order valence-corrected chi connectivity index (χ4v) is 3.55. The molecule has 0 saturated carbocycles. The van der Waals surface area contributed by atoms with Gasteiger partial charge >= 0.3 is 0 Å². The summed E-state index contributed by atoms with van der Waals surface area (Å²) in [5.74, 6) is 3.17. The topological polar surface area (TPSA) is 282 Å². The second kappa shape index (κ2) is 12.3. The summed E-state index contributed by atoms with van der Waals surface area (Å²) in [6.07, 6.45) is 0. The Bertz CT molecular complexity index is 1060. The van der Waals surface area contributed by atoms with Crippen LogP contribution in [0.3, 0.4) is 0 Å². The zero-order chi connectivity index (χ0) is 25.1. The van der Waals surface area contributed by atoms with E-state index in [4.69, 9.17) is 0 Å². The van der Waals surface area contributed by atoms with Gasteiger partial charge in [-0.2, -0.15) is 0 Å². The molecule has 23 heteroatoms. The van der Waals surface area contributed by atoms with Crippen molar-refractivity contribution in [3.63, 3.8) is 0 Å². The molecule has 0 aliphatic carbocycles. The van der Waals surface area contributed by atoms with Gasteiger partial charge in [-0.15, -0.1) is 25.5 Å². The maximum Gasteiger partial charge on any atom is 0.162 e. The van der Waals surface area contributed by atoms with E-state index in [0.717, 1.165) is 0 Å². The molecule has 0 aromatic carbocycles. The Hall–Kier alpha value is -4.77. The highest BCUT2D eigenvalue weighted by molar-refractivity contribution is 4.85. The summed E-state index contributed by atoms with van der Waals surface area (Å²) in [6.45, 7) is 5.08. The second-order valence-corrected chi connectivity index (χ2v) is 7.94. The van der Waals surface area contributed by atoms with Gasteiger partial charge < -0.3 is 0 Å². The van der Waals surface area contributed by atoms with Crippen LogP contribution in [0.2, 0.25) is 0 Å². The lowest BCUT2D eigenvalue weighted by atomic mass is 10.3. The number of rotatable bonds is 16. The molecule has 0 atom stereocenters. The number of aromatic nitrogens is 20. The van der Waals surface area contributed by atoms with Crippen molar-refractivity contribution in [1.82, 2.24) is 118 Å². The number of nitrogens with one attached hydrogen (secondary N) is 5. The predicted molar refractivity (Wildman–Crippen MR) is 114 cm³/mol. The molecule has 5 N–H and O–H groups in total. The molecule has 0 aliphatic heterocycles. The first-order chi connectivity index (χ1) is 18.3. The number of hydrogen-bond acceptors (Lipinski definition) is 18. The van der Waals surface area contributed by atoms with Crippen LogP contribution in [-0.2, 0) is 32.7 Å². The standard InChI is InChI=1S/C14H23N23/c1(3-36(6-11-17-27-28-18-11)7-12-19-29-30-20-12)35(5-10-15-25-26-16-10)2-4-37(8-13-21-31-32-22-13)9-14-23-33-34-24-14/h1-9H2,(H,15,16,25,26)(H,17,18,27,28)(H,19,20,29,30)(H,21,22,31,32)(H,23,24,33,34). The molecule has 0 bridgehead atoms. The molecule has 0 amide bonds. The van der Waals surface area contributed by atoms with Crippen LogP contribution in [0, 0.1) is 0 Å². The maximum absolute atomic E-state index is 4.04. The van der Waals surface area contributed by atoms with Crippen LogP contribution < -0.4 is 0 Å². The maximum atomic E-state index is 4.04. The number of tetrazole rings is 5. The predicted octanol–water partition coefficient (Wildman–Crippen LogP) is -4.54. The van der Waals surface area contributed by atoms with E-state index in [-0.39, 0.29) is 0 Å². The van der Waals surface area contributed by atoms with Gasteiger partial charge in [0.1, 0.15) is 0 Å². The van der Waals surface area contributed by atoms with E-state index in [0.29, 0.717) is 88.0 Å². The van der Waals surface area contributed by atoms with E-state index in [2.05, 4.69) is 118 Å². The third kappa shape index (κ3) is 7.36. The van der Waals surface area contributed by atoms with E-state index in [1.54, 1.807) is 0 Å². The van der Waals surface area contributed by atoms with Crippen molar-refractivity contribution in [2.24, 2.45) is 0 Å². The third-order valence-corrected chi connectivity index (χ3v) is 5.28. The molecule has 5 aromatic rings. The fourth-order valence-electron chi connectivity index (χ4n) is 3.55. The number of nitrogens with zero attached hydrogens (tertiary/aromatic N) is 18. The molecule has 5 rings (SSSR count). The lowest BCUT2D eigenvalue weighted by molar-refractivity contribution is 0.151. The highest BCUT2D eigenvalue weighted by Gasteiger charge is 2.18. The minimum absolute atomic E-state index is 0.481. The van der Waals surface area contributed by atoms with Crippen molar-refractivity contribution in [3.05, 3.63) is 29.1 Å². The van der Waals surface area contributed by atoms with Gasteiger partial charge in [-0.05, 0) is 52.1 Å². The van der Waals surface area contributed by atoms with E-state index in [1.165, 1.54) is 0 Å². The monoisotopic (exact) mass is 513 g/mol. The summed E-state index contributed by atoms with van der Waals surface area (Å²) in [4.78, 5) is 6.46. The van der Waals surface area contributed by atoms with Gasteiger partial charge in [0.2, 0.25) is 0 Å². The summed E-state index contributed by atoms with van der Waals surface area (Å²) in [5.41, 5.74) is 0. The van der Waals surface area contributed by atoms with Gasteiger partial charge in [-0.25, -0.2) is 25.5 Å². The van der Waals surface area contributed by atoms with Crippen molar-refractivity contribution in [3.8, 4) is 0 Å². The van der Waals surface area contributed by atoms with Crippen LogP contribution in [0.15, 0.2) is 0 Å². The SMILES string of the molecule is C(CN(Cc1nnn[nH]1)Cc1nnn[nH]1)N(CCN(Cc1nnn[nH]1)Cc1nnn[nH]1)Cc1nnn[nH]1. The zero-order valence-corrected chi connectivity index (χ0v) is 19.4. The molecular formula is C14H23N23. The summed E-state index contributed by atoms with van der Waals surface area (Å²) in [5, 5.41) is 70.6. The number of hydrogen-bond donors (Lipinski definition) is 5. The third-order valence-electron chi connectivity index (χ3n) is 5.28. The molecule has 37 heavy (non-hydrogen) atoms. The van der Waals surface area contributed by atoms with Crippen molar-refractivity contribution < 1.29 is 0 Å². The molecule has 0 fully saturated rings. The van der Waals surface area contributed by atoms with E-state index < -0.39 is 0 Å². The summed E-state index contributed by atoms with van der Waals surface area (Å²) < 4.78 is 0. The molecule has 194 valence electrons. The Morgan fingerprint density at radius 2 is 0.595 bits per heavy atom. The van der Waals surface area contributed by atoms with Gasteiger partial charge in [0, 0.05) is 26.2 Å². The van der Waals surface area contributed by atoms with Gasteiger partial charge in [-0.3, -0.25) is 14.7 Å². The first-order valence-electron chi connectivity index (χ1n) is 11.1. The molecule has 0 radical (unpaired) electrons. The average molecular weight is 513 g/mol. The quantitative estimate of drug-likeness (QED) is 0.0829. The van der Waals surface area contributed by atoms with Crippen LogP contribution in [0.4, 0.5) is 0 Å². The van der Waals surface area contributed by atoms with Crippen molar-refractivity contribution in [1.29, 1.82) is 0 Å². The van der Waals surface area contributed by atoms with Gasteiger partial charge in [0.15, 0.2) is 29.1 Å². The summed E-state index contributed by atoms with van der Waals surface area (Å²) in [7, 11) is 0. The highest BCUT2D eigenvalue weighted by atomic mass is 15.5. The van der Waals surface area contributed by atoms with Crippen LogP contribution in [0.5, 0.6) is 0 Å². The normalized spacial score (nSPS) is 11.9. The molecule has 23 nitrogen and oxygen atoms in total. The van der Waals surface area contributed by atoms with Gasteiger partial charge in [0.05, 0.1) is 32.7 Å². The van der Waals surface area contributed by atoms with E-state index in [1.807, 2.05) is 0 Å². The van der Waals surface area contributed by atoms with Crippen molar-refractivity contribution in [2.75, 3.05) is 26.2 Å². The minimum Gasteiger partial charge on any atom is -0.293 e. The Balaban J connectivity index is 1.24. The molecule has 0 aliphatic rings. The summed E-state index contributed by atoms with van der Waals surface area (Å²) in [6, 6.07) is 0. The van der Waals surface area contributed by atoms with Crippen LogP contribution in [0.25, 0.3) is 0 Å². The van der Waals surface area contributed by atoms with Crippen LogP contribution in [0.1, 0.15) is 29.1 Å². The smallest absolute Gasteiger partial charge is 0.162 e. The second-order valence-electron chi connectivity index (χ2n) is 7.94. The van der Waals surface area contributed by atoms with Crippen LogP contribution >= 0.6 is 0 Å². The minimum atomic E-state index is 0.481. The number of H-pyrrole nitrogens is 5. The fraction of sp³-hybridized carbons (Fsp3) is 0.643. The molecule has 0 unspecified atom stereocenters. The van der Waals surface area contributed by atoms with E-state index in [9.17, 15) is 0 Å². The molecule has 0 spiro atoms. The average Bonchev–Trinajstić information content (AvgIpc) is 3.73. The van der Waals surface area contributed by atoms with Gasteiger partial charge in [0.25, 0.3) is 0 Å². The Morgan fingerprint density at radius 1 is 0.351 bits per heavy atom. The lowest BCUT2D eigenvalue weighted by Crippen LogP contribution is -2.39. The number of aromatic amines is 5. The molecule has 5 aromatic heterocycles. The molecule has 0 saturated heterocycles. The highest BCUT2D eigenvalue weighted by Crippen LogP contribution is 2.07. The Labute approximate surface area is 206 Å². The molecule has 5 heterocycles. The largest absolute Gasteiger partial charge is 0.293 e. The zero-order valence-electron chi connectivity index (χ0n) is 19.4. The Kier molecular flexibility index (Phi) is 7.94. The first-order valence-corrected chi connectivity index (χ1v) is 11.1. The van der Waals surface area contributed by atoms with Gasteiger partial charge in [-0.1, -0.05) is 0 Å². The molecular weight excluding hydrogens is 490 g/mol. The van der Waals surface area contributed by atoms with Crippen molar-refractivity contribution >= 4 is 0 Å². The lowest BCUT2D eigenvalue weighted by Gasteiger charge is -2.28. The van der Waals surface area contributed by atoms with E-state index >= 15 is 0 Å². The van der Waals surface area contributed by atoms with Crippen LogP contribution in [-0.4, -0.2) is 144 Å². The Morgan fingerprint density at radius 3 is 0.838 bits per heavy atom. The summed E-state index contributed by atoms with van der Waals surface area (Å²) >= 11 is 0. The van der Waals surface area contributed by atoms with Crippen molar-refractivity contribution in [2.45, 2.75) is 32.7 Å². The first kappa shape index (κ1) is 23.9.